The summed E-state index contributed by atoms with van der Waals surface area (Å²) in [5.74, 6) is -0.414. The number of alkyl halides is 2. The van der Waals surface area contributed by atoms with Crippen LogP contribution in [0.25, 0.3) is 0 Å². The Labute approximate surface area is 140 Å². The fraction of sp³-hybridized carbons (Fsp3) is 0.125. The Balaban J connectivity index is 2.13. The Hall–Kier alpha value is -2.28. The molecular weight excluding hydrogens is 370 g/mol. The smallest absolute Gasteiger partial charge is 0.387 e. The maximum absolute atomic E-state index is 12.4. The van der Waals surface area contributed by atoms with Crippen LogP contribution in [0, 0.1) is 6.92 Å². The molecule has 2 aromatic carbocycles. The molecule has 0 spiro atoms. The molecule has 0 unspecified atom stereocenters. The highest BCUT2D eigenvalue weighted by molar-refractivity contribution is 9.10. The zero-order valence-electron chi connectivity index (χ0n) is 12.1. The molecule has 2 rings (SSSR count). The van der Waals surface area contributed by atoms with E-state index in [4.69, 9.17) is 0 Å². The van der Waals surface area contributed by atoms with E-state index in [2.05, 4.69) is 31.2 Å². The van der Waals surface area contributed by atoms with Crippen molar-refractivity contribution < 1.29 is 18.3 Å². The predicted octanol–water partition coefficient (Wildman–Crippen LogP) is 4.12. The topological polar surface area (TPSA) is 50.7 Å². The molecule has 2 aromatic rings. The highest BCUT2D eigenvalue weighted by Crippen LogP contribution is 2.23. The second-order valence-electron chi connectivity index (χ2n) is 4.57. The molecule has 120 valence electrons. The van der Waals surface area contributed by atoms with Gasteiger partial charge in [0.05, 0.1) is 6.21 Å². The van der Waals surface area contributed by atoms with Gasteiger partial charge in [-0.1, -0.05) is 34.1 Å². The number of aryl methyl sites for hydroxylation is 1. The molecular formula is C16H13BrF2N2O2. The van der Waals surface area contributed by atoms with Crippen LogP contribution in [-0.4, -0.2) is 18.7 Å². The number of hydrogen-bond donors (Lipinski definition) is 1. The summed E-state index contributed by atoms with van der Waals surface area (Å²) < 4.78 is 29.8. The van der Waals surface area contributed by atoms with Crippen LogP contribution in [-0.2, 0) is 0 Å². The number of nitrogens with zero attached hydrogens (tertiary/aromatic N) is 1. The van der Waals surface area contributed by atoms with E-state index in [1.165, 1.54) is 12.3 Å². The normalized spacial score (nSPS) is 11.0. The van der Waals surface area contributed by atoms with Crippen LogP contribution in [0.4, 0.5) is 8.78 Å². The van der Waals surface area contributed by atoms with Gasteiger partial charge in [0.1, 0.15) is 5.75 Å². The Bertz CT molecular complexity index is 736. The Kier molecular flexibility index (Phi) is 5.81. The van der Waals surface area contributed by atoms with Crippen molar-refractivity contribution in [1.82, 2.24) is 5.43 Å². The summed E-state index contributed by atoms with van der Waals surface area (Å²) in [7, 11) is 0. The van der Waals surface area contributed by atoms with Crippen LogP contribution in [0.15, 0.2) is 52.0 Å². The van der Waals surface area contributed by atoms with Gasteiger partial charge in [0.15, 0.2) is 0 Å². The van der Waals surface area contributed by atoms with Crippen LogP contribution in [0.3, 0.4) is 0 Å². The van der Waals surface area contributed by atoms with Crippen molar-refractivity contribution in [3.05, 3.63) is 63.6 Å². The molecule has 0 saturated heterocycles. The first-order chi connectivity index (χ1) is 11.0. The van der Waals surface area contributed by atoms with Crippen molar-refractivity contribution in [3.8, 4) is 5.75 Å². The van der Waals surface area contributed by atoms with E-state index in [-0.39, 0.29) is 11.7 Å². The van der Waals surface area contributed by atoms with Gasteiger partial charge in [-0.05, 0) is 36.8 Å². The molecule has 0 aromatic heterocycles. The number of carbonyl (C=O) groups excluding carboxylic acids is 1. The monoisotopic (exact) mass is 382 g/mol. The third-order valence-electron chi connectivity index (χ3n) is 2.95. The summed E-state index contributed by atoms with van der Waals surface area (Å²) in [6.07, 6.45) is 1.25. The summed E-state index contributed by atoms with van der Waals surface area (Å²) in [5.41, 5.74) is 3.97. The Morgan fingerprint density at radius 2 is 2.04 bits per heavy atom. The maximum Gasteiger partial charge on any atom is 0.387 e. The maximum atomic E-state index is 12.4. The molecule has 0 radical (unpaired) electrons. The fourth-order valence-electron chi connectivity index (χ4n) is 1.87. The van der Waals surface area contributed by atoms with Gasteiger partial charge in [-0.3, -0.25) is 4.79 Å². The van der Waals surface area contributed by atoms with Crippen LogP contribution in [0.1, 0.15) is 21.5 Å². The molecule has 1 amide bonds. The average Bonchev–Trinajstić information content (AvgIpc) is 2.50. The molecule has 0 heterocycles. The second-order valence-corrected chi connectivity index (χ2v) is 5.49. The van der Waals surface area contributed by atoms with Gasteiger partial charge < -0.3 is 4.74 Å². The van der Waals surface area contributed by atoms with Crippen LogP contribution < -0.4 is 10.2 Å². The molecule has 0 aliphatic heterocycles. The lowest BCUT2D eigenvalue weighted by Gasteiger charge is -2.08. The second kappa shape index (κ2) is 7.82. The van der Waals surface area contributed by atoms with E-state index in [0.717, 1.165) is 5.56 Å². The number of ether oxygens (including phenoxy) is 1. The quantitative estimate of drug-likeness (QED) is 0.624. The third-order valence-corrected chi connectivity index (χ3v) is 3.44. The molecule has 4 nitrogen and oxygen atoms in total. The molecule has 0 atom stereocenters. The van der Waals surface area contributed by atoms with Gasteiger partial charge in [-0.2, -0.15) is 13.9 Å². The molecule has 23 heavy (non-hydrogen) atoms. The number of halogens is 3. The van der Waals surface area contributed by atoms with Gasteiger partial charge in [-0.15, -0.1) is 0 Å². The minimum atomic E-state index is -2.94. The van der Waals surface area contributed by atoms with Crippen LogP contribution >= 0.6 is 15.9 Å². The summed E-state index contributed by atoms with van der Waals surface area (Å²) in [6, 6.07) is 11.6. The van der Waals surface area contributed by atoms with E-state index in [0.29, 0.717) is 15.6 Å². The molecule has 7 heteroatoms. The summed E-state index contributed by atoms with van der Waals surface area (Å²) in [6.45, 7) is -1.13. The first-order valence-electron chi connectivity index (χ1n) is 6.61. The van der Waals surface area contributed by atoms with E-state index < -0.39 is 6.61 Å². The van der Waals surface area contributed by atoms with Gasteiger partial charge in [0.25, 0.3) is 5.91 Å². The van der Waals surface area contributed by atoms with Gasteiger partial charge >= 0.3 is 6.61 Å². The zero-order valence-corrected chi connectivity index (χ0v) is 13.7. The molecule has 0 aliphatic rings. The number of nitrogens with one attached hydrogen (secondary N) is 1. The molecule has 1 N–H and O–H groups in total. The number of rotatable bonds is 5. The summed E-state index contributed by atoms with van der Waals surface area (Å²) in [4.78, 5) is 12.0. The number of amides is 1. The molecule has 0 fully saturated rings. The Morgan fingerprint density at radius 3 is 2.74 bits per heavy atom. The van der Waals surface area contributed by atoms with Gasteiger partial charge in [-0.25, -0.2) is 5.43 Å². The Morgan fingerprint density at radius 1 is 1.30 bits per heavy atom. The van der Waals surface area contributed by atoms with E-state index in [9.17, 15) is 13.6 Å². The number of hydrazone groups is 1. The summed E-state index contributed by atoms with van der Waals surface area (Å²) >= 11 is 3.24. The average molecular weight is 383 g/mol. The lowest BCUT2D eigenvalue weighted by Crippen LogP contribution is -2.18. The highest BCUT2D eigenvalue weighted by atomic mass is 79.9. The number of hydrogen-bond acceptors (Lipinski definition) is 3. The highest BCUT2D eigenvalue weighted by Gasteiger charge is 2.10. The molecule has 0 bridgehead atoms. The van der Waals surface area contributed by atoms with Crippen molar-refractivity contribution in [2.45, 2.75) is 13.5 Å². The van der Waals surface area contributed by atoms with Crippen LogP contribution in [0.2, 0.25) is 0 Å². The first kappa shape index (κ1) is 17.1. The minimum absolute atomic E-state index is 0.0305. The standard InChI is InChI=1S/C16H13BrF2N2O2/c1-10-4-2-3-5-13(10)15(22)21-20-9-11-8-12(17)6-7-14(11)23-16(18)19/h2-9,16H,1H3,(H,21,22)/b20-9-. The molecule has 0 saturated carbocycles. The van der Waals surface area contributed by atoms with Gasteiger partial charge in [0.2, 0.25) is 0 Å². The van der Waals surface area contributed by atoms with Crippen molar-refractivity contribution in [2.75, 3.05) is 0 Å². The third kappa shape index (κ3) is 4.85. The number of benzene rings is 2. The largest absolute Gasteiger partial charge is 0.434 e. The lowest BCUT2D eigenvalue weighted by molar-refractivity contribution is -0.0499. The van der Waals surface area contributed by atoms with Crippen LogP contribution in [0.5, 0.6) is 5.75 Å². The van der Waals surface area contributed by atoms with E-state index in [1.807, 2.05) is 19.1 Å². The van der Waals surface area contributed by atoms with Crippen molar-refractivity contribution in [3.63, 3.8) is 0 Å². The first-order valence-corrected chi connectivity index (χ1v) is 7.40. The van der Waals surface area contributed by atoms with Crippen molar-refractivity contribution >= 4 is 28.1 Å². The SMILES string of the molecule is Cc1ccccc1C(=O)N/N=C\c1cc(Br)ccc1OC(F)F. The minimum Gasteiger partial charge on any atom is -0.434 e. The van der Waals surface area contributed by atoms with Gasteiger partial charge in [0, 0.05) is 15.6 Å². The molecule has 0 aliphatic carbocycles. The number of carbonyl (C=O) groups is 1. The van der Waals surface area contributed by atoms with E-state index in [1.54, 1.807) is 24.3 Å². The fourth-order valence-corrected chi connectivity index (χ4v) is 2.25. The van der Waals surface area contributed by atoms with E-state index >= 15 is 0 Å². The van der Waals surface area contributed by atoms with Crippen molar-refractivity contribution in [2.24, 2.45) is 5.10 Å². The zero-order chi connectivity index (χ0) is 16.8. The lowest BCUT2D eigenvalue weighted by atomic mass is 10.1. The summed E-state index contributed by atoms with van der Waals surface area (Å²) in [5, 5.41) is 3.80. The predicted molar refractivity (Wildman–Crippen MR) is 87.0 cm³/mol. The van der Waals surface area contributed by atoms with Crippen molar-refractivity contribution in [1.29, 1.82) is 0 Å².